The molecule has 4 rings (SSSR count). The van der Waals surface area contributed by atoms with E-state index in [0.717, 1.165) is 22.2 Å². The number of carbonyl (C=O) groups is 3. The molecule has 9 heteroatoms. The number of carbonyl (C=O) groups excluding carboxylic acids is 3. The molecule has 3 aromatic rings. The number of aromatic amines is 1. The van der Waals surface area contributed by atoms with E-state index in [4.69, 9.17) is 11.6 Å². The van der Waals surface area contributed by atoms with Crippen molar-refractivity contribution in [3.05, 3.63) is 59.1 Å². The standard InChI is InChI=1S/C18H11ClN4O3S/c19-11-6-7-13-12(8-11)15(25)17(26)23(13)14(24)9-27-18-20-16(21-22-18)10-4-2-1-3-5-10/h1-8H,9H2,(H,20,21,22). The lowest BCUT2D eigenvalue weighted by Gasteiger charge is -2.13. The summed E-state index contributed by atoms with van der Waals surface area (Å²) >= 11 is 6.94. The van der Waals surface area contributed by atoms with Gasteiger partial charge in [0.1, 0.15) is 0 Å². The average Bonchev–Trinajstić information content (AvgIpc) is 3.25. The maximum Gasteiger partial charge on any atom is 0.306 e. The number of amides is 2. The summed E-state index contributed by atoms with van der Waals surface area (Å²) < 4.78 is 0. The van der Waals surface area contributed by atoms with Crippen molar-refractivity contribution in [2.75, 3.05) is 10.7 Å². The van der Waals surface area contributed by atoms with Gasteiger partial charge in [0, 0.05) is 10.6 Å². The number of ketones is 1. The topological polar surface area (TPSA) is 96.0 Å². The highest BCUT2D eigenvalue weighted by Crippen LogP contribution is 2.32. The molecule has 0 aliphatic carbocycles. The number of H-pyrrole nitrogens is 1. The first kappa shape index (κ1) is 17.4. The van der Waals surface area contributed by atoms with Gasteiger partial charge in [-0.3, -0.25) is 19.5 Å². The van der Waals surface area contributed by atoms with Gasteiger partial charge in [-0.15, -0.1) is 5.10 Å². The van der Waals surface area contributed by atoms with Crippen LogP contribution in [0.3, 0.4) is 0 Å². The molecule has 1 aromatic heterocycles. The molecule has 2 heterocycles. The molecular weight excluding hydrogens is 388 g/mol. The first-order chi connectivity index (χ1) is 13.0. The van der Waals surface area contributed by atoms with Gasteiger partial charge in [-0.2, -0.15) is 0 Å². The zero-order chi connectivity index (χ0) is 19.0. The highest BCUT2D eigenvalue weighted by Gasteiger charge is 2.39. The van der Waals surface area contributed by atoms with E-state index in [9.17, 15) is 14.4 Å². The van der Waals surface area contributed by atoms with E-state index >= 15 is 0 Å². The van der Waals surface area contributed by atoms with Crippen LogP contribution in [0.5, 0.6) is 0 Å². The van der Waals surface area contributed by atoms with Gasteiger partial charge in [0.05, 0.1) is 17.0 Å². The molecule has 0 spiro atoms. The Morgan fingerprint density at radius 3 is 2.70 bits per heavy atom. The Morgan fingerprint density at radius 2 is 1.93 bits per heavy atom. The van der Waals surface area contributed by atoms with E-state index in [1.807, 2.05) is 30.3 Å². The predicted molar refractivity (Wildman–Crippen MR) is 101 cm³/mol. The zero-order valence-electron chi connectivity index (χ0n) is 13.7. The Morgan fingerprint density at radius 1 is 1.15 bits per heavy atom. The van der Waals surface area contributed by atoms with Gasteiger partial charge in [-0.05, 0) is 18.2 Å². The molecule has 1 aliphatic rings. The molecule has 0 atom stereocenters. The third kappa shape index (κ3) is 3.24. The second kappa shape index (κ2) is 6.98. The van der Waals surface area contributed by atoms with Crippen molar-refractivity contribution in [3.63, 3.8) is 0 Å². The Balaban J connectivity index is 1.49. The number of hydrogen-bond acceptors (Lipinski definition) is 6. The Hall–Kier alpha value is -2.97. The smallest absolute Gasteiger partial charge is 0.283 e. The fourth-order valence-electron chi connectivity index (χ4n) is 2.69. The molecule has 1 aliphatic heterocycles. The minimum absolute atomic E-state index is 0.0901. The van der Waals surface area contributed by atoms with Crippen LogP contribution in [-0.2, 0) is 9.59 Å². The van der Waals surface area contributed by atoms with Gasteiger partial charge in [0.15, 0.2) is 5.82 Å². The molecule has 2 aromatic carbocycles. The number of Topliss-reactive ketones (excluding diaryl/α,β-unsaturated/α-hetero) is 1. The van der Waals surface area contributed by atoms with E-state index in [1.54, 1.807) is 0 Å². The fraction of sp³-hybridized carbons (Fsp3) is 0.0556. The highest BCUT2D eigenvalue weighted by molar-refractivity contribution is 7.99. The molecule has 1 N–H and O–H groups in total. The molecule has 0 saturated carbocycles. The summed E-state index contributed by atoms with van der Waals surface area (Å²) in [6, 6.07) is 13.8. The van der Waals surface area contributed by atoms with E-state index in [2.05, 4.69) is 15.2 Å². The van der Waals surface area contributed by atoms with Crippen LogP contribution < -0.4 is 4.90 Å². The van der Waals surface area contributed by atoms with Gasteiger partial charge in [0.25, 0.3) is 5.78 Å². The molecule has 7 nitrogen and oxygen atoms in total. The minimum Gasteiger partial charge on any atom is -0.283 e. The van der Waals surface area contributed by atoms with Gasteiger partial charge >= 0.3 is 5.91 Å². The number of fused-ring (bicyclic) bond motifs is 1. The number of hydrogen-bond donors (Lipinski definition) is 1. The summed E-state index contributed by atoms with van der Waals surface area (Å²) in [7, 11) is 0. The molecule has 2 amide bonds. The zero-order valence-corrected chi connectivity index (χ0v) is 15.3. The summed E-state index contributed by atoms with van der Waals surface area (Å²) in [6.07, 6.45) is 0. The number of halogens is 1. The summed E-state index contributed by atoms with van der Waals surface area (Å²) in [6.45, 7) is 0. The Kier molecular flexibility index (Phi) is 4.51. The van der Waals surface area contributed by atoms with Crippen LogP contribution in [0, 0.1) is 0 Å². The molecule has 0 bridgehead atoms. The Bertz CT molecular complexity index is 1070. The van der Waals surface area contributed by atoms with Crippen molar-refractivity contribution < 1.29 is 14.4 Å². The highest BCUT2D eigenvalue weighted by atomic mass is 35.5. The number of aromatic nitrogens is 3. The lowest BCUT2D eigenvalue weighted by molar-refractivity contribution is -0.122. The summed E-state index contributed by atoms with van der Waals surface area (Å²) in [4.78, 5) is 42.0. The third-order valence-corrected chi connectivity index (χ3v) is 4.99. The van der Waals surface area contributed by atoms with Crippen molar-refractivity contribution in [1.82, 2.24) is 15.2 Å². The van der Waals surface area contributed by atoms with E-state index in [0.29, 0.717) is 16.0 Å². The van der Waals surface area contributed by atoms with Crippen molar-refractivity contribution in [3.8, 4) is 11.4 Å². The van der Waals surface area contributed by atoms with Crippen LogP contribution in [0.15, 0.2) is 53.7 Å². The van der Waals surface area contributed by atoms with Crippen molar-refractivity contribution in [2.24, 2.45) is 0 Å². The van der Waals surface area contributed by atoms with Crippen molar-refractivity contribution >= 4 is 46.6 Å². The van der Waals surface area contributed by atoms with E-state index in [1.165, 1.54) is 18.2 Å². The second-order valence-electron chi connectivity index (χ2n) is 5.65. The SMILES string of the molecule is O=C1C(=O)N(C(=O)CSc2n[nH]c(-c3ccccc3)n2)c2ccc(Cl)cc21. The lowest BCUT2D eigenvalue weighted by Crippen LogP contribution is -2.37. The molecule has 0 fully saturated rings. The van der Waals surface area contributed by atoms with Gasteiger partial charge in [-0.1, -0.05) is 53.7 Å². The number of nitrogens with zero attached hydrogens (tertiary/aromatic N) is 3. The quantitative estimate of drug-likeness (QED) is 0.536. The number of benzene rings is 2. The van der Waals surface area contributed by atoms with Crippen molar-refractivity contribution in [2.45, 2.75) is 5.16 Å². The summed E-state index contributed by atoms with van der Waals surface area (Å²) in [5.74, 6) is -1.65. The predicted octanol–water partition coefficient (Wildman–Crippen LogP) is 2.97. The summed E-state index contributed by atoms with van der Waals surface area (Å²) in [5, 5.41) is 7.58. The number of imide groups is 1. The number of anilines is 1. The Labute approximate surface area is 162 Å². The van der Waals surface area contributed by atoms with E-state index in [-0.39, 0.29) is 17.0 Å². The van der Waals surface area contributed by atoms with Crippen LogP contribution >= 0.6 is 23.4 Å². The first-order valence-corrected chi connectivity index (χ1v) is 9.23. The molecule has 27 heavy (non-hydrogen) atoms. The number of nitrogens with one attached hydrogen (secondary N) is 1. The van der Waals surface area contributed by atoms with Crippen LogP contribution in [0.25, 0.3) is 11.4 Å². The lowest BCUT2D eigenvalue weighted by atomic mass is 10.1. The number of thioether (sulfide) groups is 1. The largest absolute Gasteiger partial charge is 0.306 e. The second-order valence-corrected chi connectivity index (χ2v) is 7.03. The van der Waals surface area contributed by atoms with Crippen molar-refractivity contribution in [1.29, 1.82) is 0 Å². The van der Waals surface area contributed by atoms with Crippen LogP contribution in [-0.4, -0.2) is 38.5 Å². The first-order valence-electron chi connectivity index (χ1n) is 7.86. The van der Waals surface area contributed by atoms with Crippen LogP contribution in [0.4, 0.5) is 5.69 Å². The van der Waals surface area contributed by atoms with E-state index < -0.39 is 17.6 Å². The van der Waals surface area contributed by atoms with Gasteiger partial charge in [-0.25, -0.2) is 9.88 Å². The van der Waals surface area contributed by atoms with Crippen LogP contribution in [0.1, 0.15) is 10.4 Å². The molecule has 0 unspecified atom stereocenters. The average molecular weight is 399 g/mol. The molecule has 134 valence electrons. The maximum atomic E-state index is 12.5. The normalized spacial score (nSPS) is 13.1. The minimum atomic E-state index is -0.877. The molecular formula is C18H11ClN4O3S. The van der Waals surface area contributed by atoms with Gasteiger partial charge in [0.2, 0.25) is 11.1 Å². The third-order valence-electron chi connectivity index (χ3n) is 3.93. The van der Waals surface area contributed by atoms with Crippen LogP contribution in [0.2, 0.25) is 5.02 Å². The monoisotopic (exact) mass is 398 g/mol. The molecule has 0 saturated heterocycles. The number of rotatable bonds is 4. The maximum absolute atomic E-state index is 12.5. The fourth-order valence-corrected chi connectivity index (χ4v) is 3.51. The van der Waals surface area contributed by atoms with Gasteiger partial charge < -0.3 is 0 Å². The molecule has 0 radical (unpaired) electrons. The summed E-state index contributed by atoms with van der Waals surface area (Å²) in [5.41, 5.74) is 1.25.